The van der Waals surface area contributed by atoms with Gasteiger partial charge >= 0.3 is 0 Å². The number of nitrogens with one attached hydrogen (secondary N) is 1. The van der Waals surface area contributed by atoms with E-state index in [1.165, 1.54) is 0 Å². The van der Waals surface area contributed by atoms with Crippen molar-refractivity contribution in [3.8, 4) is 0 Å². The van der Waals surface area contributed by atoms with Gasteiger partial charge in [-0.3, -0.25) is 9.80 Å². The number of benzene rings is 1. The molecule has 0 atom stereocenters. The van der Waals surface area contributed by atoms with Gasteiger partial charge in [0.25, 0.3) is 5.91 Å². The number of aliphatic imine (C=N–C) groups is 1. The number of hydrogen-bond acceptors (Lipinski definition) is 6. The molecule has 2 aliphatic heterocycles. The second-order valence-electron chi connectivity index (χ2n) is 6.23. The molecule has 2 aliphatic rings. The summed E-state index contributed by atoms with van der Waals surface area (Å²) in [5.41, 5.74) is 2.76. The number of nitrogens with zero attached hydrogens (tertiary/aromatic N) is 4. The molecule has 26 heavy (non-hydrogen) atoms. The summed E-state index contributed by atoms with van der Waals surface area (Å²) in [4.78, 5) is 18.9. The number of amidine groups is 1. The van der Waals surface area contributed by atoms with Crippen molar-refractivity contribution in [2.24, 2.45) is 10.1 Å². The van der Waals surface area contributed by atoms with Crippen LogP contribution in [-0.4, -0.2) is 36.6 Å². The van der Waals surface area contributed by atoms with Crippen molar-refractivity contribution >= 4 is 35.3 Å². The van der Waals surface area contributed by atoms with Gasteiger partial charge in [-0.05, 0) is 19.1 Å². The molecule has 3 heterocycles. The van der Waals surface area contributed by atoms with Gasteiger partial charge in [0.2, 0.25) is 5.88 Å². The molecule has 1 N–H and O–H groups in total. The molecule has 1 aromatic heterocycles. The lowest BCUT2D eigenvalue weighted by Gasteiger charge is -2.20. The zero-order valence-electron chi connectivity index (χ0n) is 14.7. The third-order valence-corrected chi connectivity index (χ3v) is 4.47. The van der Waals surface area contributed by atoms with E-state index in [1.807, 2.05) is 42.4 Å². The molecule has 1 amide bonds. The van der Waals surface area contributed by atoms with Gasteiger partial charge < -0.3 is 14.6 Å². The minimum atomic E-state index is -0.257. The number of hydrazone groups is 1. The summed E-state index contributed by atoms with van der Waals surface area (Å²) in [5.74, 6) is 1.30. The van der Waals surface area contributed by atoms with Crippen LogP contribution in [0.25, 0.3) is 5.70 Å². The molecular formula is C19H19N5O2. The van der Waals surface area contributed by atoms with Crippen molar-refractivity contribution in [3.63, 3.8) is 0 Å². The van der Waals surface area contributed by atoms with Gasteiger partial charge in [0, 0.05) is 25.7 Å². The molecule has 0 unspecified atom stereocenters. The van der Waals surface area contributed by atoms with E-state index in [0.717, 1.165) is 12.2 Å². The first-order chi connectivity index (χ1) is 12.5. The summed E-state index contributed by atoms with van der Waals surface area (Å²) >= 11 is 0. The normalized spacial score (nSPS) is 15.9. The van der Waals surface area contributed by atoms with Crippen LogP contribution in [0.2, 0.25) is 0 Å². The minimum absolute atomic E-state index is 0.257. The minimum Gasteiger partial charge on any atom is -0.442 e. The summed E-state index contributed by atoms with van der Waals surface area (Å²) in [5, 5.41) is 9.29. The van der Waals surface area contributed by atoms with Crippen LogP contribution in [0.15, 0.2) is 51.4 Å². The van der Waals surface area contributed by atoms with E-state index in [4.69, 9.17) is 4.42 Å². The van der Waals surface area contributed by atoms with Gasteiger partial charge in [0.15, 0.2) is 0 Å². The molecule has 7 heteroatoms. The van der Waals surface area contributed by atoms with E-state index in [0.29, 0.717) is 40.7 Å². The monoisotopic (exact) mass is 349 g/mol. The van der Waals surface area contributed by atoms with Crippen LogP contribution in [0.5, 0.6) is 0 Å². The predicted molar refractivity (Wildman–Crippen MR) is 102 cm³/mol. The van der Waals surface area contributed by atoms with E-state index >= 15 is 0 Å². The quantitative estimate of drug-likeness (QED) is 0.904. The Morgan fingerprint density at radius 1 is 1.31 bits per heavy atom. The van der Waals surface area contributed by atoms with Crippen LogP contribution in [0.4, 0.5) is 11.6 Å². The maximum absolute atomic E-state index is 12.9. The van der Waals surface area contributed by atoms with E-state index in [1.54, 1.807) is 18.2 Å². The van der Waals surface area contributed by atoms with Crippen molar-refractivity contribution in [3.05, 3.63) is 53.8 Å². The Bertz CT molecular complexity index is 942. The standard InChI is InChI=1S/C19H19N5O2/c1-12-16-17(13(2)26-19(16)20-11-23(12)3)18(25)21-15-9-10-24(22-15)14-7-5-4-6-8-14/h4-8,11H,1,9-10H2,2-3H3,(H,21,22,25). The second kappa shape index (κ2) is 6.18. The first kappa shape index (κ1) is 16.1. The molecule has 0 bridgehead atoms. The number of anilines is 1. The summed E-state index contributed by atoms with van der Waals surface area (Å²) < 4.78 is 5.64. The first-order valence-corrected chi connectivity index (χ1v) is 8.35. The number of aryl methyl sites for hydroxylation is 1. The average molecular weight is 349 g/mol. The topological polar surface area (TPSA) is 73.4 Å². The van der Waals surface area contributed by atoms with Gasteiger partial charge in [-0.1, -0.05) is 24.8 Å². The maximum atomic E-state index is 12.9. The smallest absolute Gasteiger partial charge is 0.260 e. The van der Waals surface area contributed by atoms with Gasteiger partial charge in [0.1, 0.15) is 11.6 Å². The zero-order valence-corrected chi connectivity index (χ0v) is 14.7. The van der Waals surface area contributed by atoms with Crippen molar-refractivity contribution in [2.45, 2.75) is 13.3 Å². The molecule has 0 radical (unpaired) electrons. The Morgan fingerprint density at radius 3 is 2.85 bits per heavy atom. The van der Waals surface area contributed by atoms with Crippen LogP contribution in [0, 0.1) is 6.92 Å². The number of carbonyl (C=O) groups excluding carboxylic acids is 1. The second-order valence-corrected chi connectivity index (χ2v) is 6.23. The summed E-state index contributed by atoms with van der Waals surface area (Å²) in [6.45, 7) is 6.51. The molecule has 4 rings (SSSR count). The van der Waals surface area contributed by atoms with E-state index < -0.39 is 0 Å². The SMILES string of the molecule is C=C1c2c(oc(C)c2C(=O)NC2=NN(c3ccccc3)CC2)N=CN1C. The number of furan rings is 1. The first-order valence-electron chi connectivity index (χ1n) is 8.35. The lowest BCUT2D eigenvalue weighted by atomic mass is 10.1. The Balaban J connectivity index is 1.58. The molecule has 0 spiro atoms. The van der Waals surface area contributed by atoms with Gasteiger partial charge in [-0.15, -0.1) is 0 Å². The van der Waals surface area contributed by atoms with E-state index in [9.17, 15) is 4.79 Å². The number of carbonyl (C=O) groups is 1. The Kier molecular flexibility index (Phi) is 3.84. The Labute approximate surface area is 151 Å². The Morgan fingerprint density at radius 2 is 2.08 bits per heavy atom. The van der Waals surface area contributed by atoms with Gasteiger partial charge in [-0.2, -0.15) is 5.10 Å². The van der Waals surface area contributed by atoms with Crippen LogP contribution in [0.3, 0.4) is 0 Å². The lowest BCUT2D eigenvalue weighted by Crippen LogP contribution is -2.31. The summed E-state index contributed by atoms with van der Waals surface area (Å²) in [6, 6.07) is 9.87. The highest BCUT2D eigenvalue weighted by Crippen LogP contribution is 2.37. The molecule has 2 aromatic rings. The Hall–Kier alpha value is -3.35. The lowest BCUT2D eigenvalue weighted by molar-refractivity contribution is 0.0975. The zero-order chi connectivity index (χ0) is 18.3. The highest BCUT2D eigenvalue weighted by atomic mass is 16.4. The fourth-order valence-electron chi connectivity index (χ4n) is 3.07. The summed E-state index contributed by atoms with van der Waals surface area (Å²) in [6.07, 6.45) is 2.28. The van der Waals surface area contributed by atoms with Gasteiger partial charge in [0.05, 0.1) is 23.2 Å². The fraction of sp³-hybridized carbons (Fsp3) is 0.211. The van der Waals surface area contributed by atoms with Crippen LogP contribution < -0.4 is 10.3 Å². The van der Waals surface area contributed by atoms with Crippen molar-refractivity contribution in [1.29, 1.82) is 0 Å². The number of fused-ring (bicyclic) bond motifs is 1. The number of para-hydroxylation sites is 1. The summed E-state index contributed by atoms with van der Waals surface area (Å²) in [7, 11) is 1.83. The largest absolute Gasteiger partial charge is 0.442 e. The average Bonchev–Trinajstić information content (AvgIpc) is 3.23. The fourth-order valence-corrected chi connectivity index (χ4v) is 3.07. The van der Waals surface area contributed by atoms with Crippen molar-refractivity contribution in [2.75, 3.05) is 18.6 Å². The molecular weight excluding hydrogens is 330 g/mol. The third-order valence-electron chi connectivity index (χ3n) is 4.47. The molecule has 0 aliphatic carbocycles. The van der Waals surface area contributed by atoms with E-state index in [2.05, 4.69) is 22.0 Å². The van der Waals surface area contributed by atoms with E-state index in [-0.39, 0.29) is 5.91 Å². The number of amides is 1. The number of rotatable bonds is 2. The van der Waals surface area contributed by atoms with Crippen molar-refractivity contribution in [1.82, 2.24) is 10.2 Å². The molecule has 0 fully saturated rings. The molecule has 1 aromatic carbocycles. The predicted octanol–water partition coefficient (Wildman–Crippen LogP) is 3.12. The maximum Gasteiger partial charge on any atom is 0.260 e. The van der Waals surface area contributed by atoms with Crippen molar-refractivity contribution < 1.29 is 9.21 Å². The van der Waals surface area contributed by atoms with Crippen LogP contribution in [0.1, 0.15) is 28.1 Å². The molecule has 0 saturated heterocycles. The third kappa shape index (κ3) is 2.67. The van der Waals surface area contributed by atoms with Gasteiger partial charge in [-0.25, -0.2) is 4.99 Å². The number of hydrogen-bond donors (Lipinski definition) is 1. The molecule has 7 nitrogen and oxygen atoms in total. The highest BCUT2D eigenvalue weighted by Gasteiger charge is 2.29. The molecule has 132 valence electrons. The molecule has 0 saturated carbocycles. The van der Waals surface area contributed by atoms with Crippen LogP contribution in [-0.2, 0) is 0 Å². The van der Waals surface area contributed by atoms with Crippen LogP contribution >= 0.6 is 0 Å². The highest BCUT2D eigenvalue weighted by molar-refractivity contribution is 6.11.